The summed E-state index contributed by atoms with van der Waals surface area (Å²) in [7, 11) is 0. The summed E-state index contributed by atoms with van der Waals surface area (Å²) >= 11 is 0. The van der Waals surface area contributed by atoms with Crippen LogP contribution < -0.4 is 10.6 Å². The molecule has 5 rings (SSSR count). The first-order valence-corrected chi connectivity index (χ1v) is 13.5. The molecule has 1 aromatic carbocycles. The number of nitrogens with one attached hydrogen (secondary N) is 3. The summed E-state index contributed by atoms with van der Waals surface area (Å²) in [6.45, 7) is 6.28. The molecule has 0 saturated carbocycles. The average Bonchev–Trinajstić information content (AvgIpc) is 3.53. The summed E-state index contributed by atoms with van der Waals surface area (Å²) in [6.07, 6.45) is 5.28. The van der Waals surface area contributed by atoms with Gasteiger partial charge in [-0.15, -0.1) is 0 Å². The molecule has 3 aromatic rings. The lowest BCUT2D eigenvalue weighted by Crippen LogP contribution is -2.48. The fraction of sp³-hybridized carbons (Fsp3) is 0.400. The molecule has 2 aromatic heterocycles. The number of para-hydroxylation sites is 1. The third-order valence-corrected chi connectivity index (χ3v) is 7.08. The number of nitrogens with zero attached hydrogens (tertiary/aromatic N) is 2. The van der Waals surface area contributed by atoms with Crippen LogP contribution in [0.3, 0.4) is 0 Å². The summed E-state index contributed by atoms with van der Waals surface area (Å²) in [6, 6.07) is 13.0. The van der Waals surface area contributed by atoms with Crippen LogP contribution >= 0.6 is 0 Å². The molecular formula is C30H35N5O4. The van der Waals surface area contributed by atoms with Crippen molar-refractivity contribution in [1.29, 1.82) is 0 Å². The molecule has 1 fully saturated rings. The Kier molecular flexibility index (Phi) is 7.41. The number of likely N-dealkylation sites (tertiary alicyclic amines) is 1. The highest BCUT2D eigenvalue weighted by Crippen LogP contribution is 2.39. The van der Waals surface area contributed by atoms with Gasteiger partial charge in [0, 0.05) is 48.8 Å². The van der Waals surface area contributed by atoms with Crippen LogP contribution in [-0.4, -0.2) is 57.4 Å². The minimum absolute atomic E-state index is 0.0294. The summed E-state index contributed by atoms with van der Waals surface area (Å²) in [5.74, 6) is -0.229. The van der Waals surface area contributed by atoms with Crippen molar-refractivity contribution >= 4 is 29.2 Å². The van der Waals surface area contributed by atoms with Crippen LogP contribution in [0.2, 0.25) is 0 Å². The van der Waals surface area contributed by atoms with Gasteiger partial charge in [-0.1, -0.05) is 18.2 Å². The SMILES string of the molecule is CC(C)(C)OC(=O)N1CCCC1C(=O)NCC1CC(=O)c2c([nH]c(-c3ccncc3)c2Nc2ccccc2)C1. The number of ketones is 1. The van der Waals surface area contributed by atoms with E-state index in [4.69, 9.17) is 4.74 Å². The Balaban J connectivity index is 1.31. The summed E-state index contributed by atoms with van der Waals surface area (Å²) < 4.78 is 5.49. The quantitative estimate of drug-likeness (QED) is 0.410. The number of aromatic nitrogens is 2. The lowest BCUT2D eigenvalue weighted by atomic mass is 9.86. The molecule has 3 heterocycles. The second-order valence-electron chi connectivity index (χ2n) is 11.2. The Bertz CT molecular complexity index is 1350. The van der Waals surface area contributed by atoms with Gasteiger partial charge in [-0.25, -0.2) is 4.79 Å². The molecule has 1 aliphatic carbocycles. The van der Waals surface area contributed by atoms with E-state index in [0.717, 1.165) is 34.7 Å². The molecule has 2 unspecified atom stereocenters. The molecule has 1 aliphatic heterocycles. The number of hydrogen-bond acceptors (Lipinski definition) is 6. The molecule has 3 N–H and O–H groups in total. The number of pyridine rings is 1. The van der Waals surface area contributed by atoms with Crippen LogP contribution in [0, 0.1) is 5.92 Å². The van der Waals surface area contributed by atoms with Gasteiger partial charge < -0.3 is 20.4 Å². The number of carbonyl (C=O) groups excluding carboxylic acids is 3. The largest absolute Gasteiger partial charge is 0.444 e. The van der Waals surface area contributed by atoms with Crippen LogP contribution in [0.4, 0.5) is 16.2 Å². The number of hydrogen-bond donors (Lipinski definition) is 3. The van der Waals surface area contributed by atoms with Gasteiger partial charge in [0.2, 0.25) is 5.91 Å². The first kappa shape index (κ1) is 26.5. The van der Waals surface area contributed by atoms with Crippen molar-refractivity contribution < 1.29 is 19.1 Å². The Morgan fingerprint density at radius 3 is 2.56 bits per heavy atom. The molecule has 0 spiro atoms. The zero-order chi connectivity index (χ0) is 27.6. The number of ether oxygens (including phenoxy) is 1. The third kappa shape index (κ3) is 5.97. The number of rotatable bonds is 6. The monoisotopic (exact) mass is 529 g/mol. The molecule has 2 atom stereocenters. The average molecular weight is 530 g/mol. The smallest absolute Gasteiger partial charge is 0.410 e. The number of amides is 2. The zero-order valence-electron chi connectivity index (χ0n) is 22.6. The van der Waals surface area contributed by atoms with E-state index in [1.807, 2.05) is 63.2 Å². The topological polar surface area (TPSA) is 116 Å². The standard InChI is InChI=1S/C30H35N5O4/c1-30(2,3)39-29(38)35-15-7-10-23(35)28(37)32-18-19-16-22-25(24(36)17-19)27(33-21-8-5-4-6-9-21)26(34-22)20-11-13-31-14-12-20/h4-6,8-9,11-14,19,23,33-34H,7,10,15-18H2,1-3H3,(H,32,37). The van der Waals surface area contributed by atoms with E-state index in [2.05, 4.69) is 20.6 Å². The van der Waals surface area contributed by atoms with E-state index in [-0.39, 0.29) is 17.6 Å². The molecule has 2 aliphatic rings. The van der Waals surface area contributed by atoms with E-state index in [9.17, 15) is 14.4 Å². The van der Waals surface area contributed by atoms with Gasteiger partial charge in [0.15, 0.2) is 5.78 Å². The highest BCUT2D eigenvalue weighted by Gasteiger charge is 2.37. The molecule has 0 bridgehead atoms. The van der Waals surface area contributed by atoms with Gasteiger partial charge in [0.25, 0.3) is 0 Å². The molecule has 2 amide bonds. The van der Waals surface area contributed by atoms with Crippen LogP contribution in [0.1, 0.15) is 56.1 Å². The Hall–Kier alpha value is -4.14. The van der Waals surface area contributed by atoms with Crippen molar-refractivity contribution in [3.63, 3.8) is 0 Å². The molecule has 204 valence electrons. The fourth-order valence-electron chi connectivity index (χ4n) is 5.35. The van der Waals surface area contributed by atoms with Crippen LogP contribution in [0.25, 0.3) is 11.3 Å². The van der Waals surface area contributed by atoms with Crippen molar-refractivity contribution in [1.82, 2.24) is 20.2 Å². The van der Waals surface area contributed by atoms with E-state index in [1.165, 1.54) is 4.90 Å². The molecule has 0 radical (unpaired) electrons. The summed E-state index contributed by atoms with van der Waals surface area (Å²) in [4.78, 5) is 48.3. The number of H-pyrrole nitrogens is 1. The van der Waals surface area contributed by atoms with Crippen molar-refractivity contribution in [3.8, 4) is 11.3 Å². The normalized spacial score (nSPS) is 18.9. The predicted octanol–water partition coefficient (Wildman–Crippen LogP) is 5.08. The maximum absolute atomic E-state index is 13.5. The predicted molar refractivity (Wildman–Crippen MR) is 149 cm³/mol. The minimum Gasteiger partial charge on any atom is -0.444 e. The third-order valence-electron chi connectivity index (χ3n) is 7.08. The number of carbonyl (C=O) groups is 3. The lowest BCUT2D eigenvalue weighted by molar-refractivity contribution is -0.125. The maximum Gasteiger partial charge on any atom is 0.410 e. The fourth-order valence-corrected chi connectivity index (χ4v) is 5.35. The Labute approximate surface area is 228 Å². The summed E-state index contributed by atoms with van der Waals surface area (Å²) in [5, 5.41) is 6.46. The Morgan fingerprint density at radius 2 is 1.85 bits per heavy atom. The number of fused-ring (bicyclic) bond motifs is 1. The van der Waals surface area contributed by atoms with E-state index in [0.29, 0.717) is 37.9 Å². The van der Waals surface area contributed by atoms with Gasteiger partial charge in [0.1, 0.15) is 11.6 Å². The van der Waals surface area contributed by atoms with Crippen molar-refractivity contribution in [2.45, 2.75) is 58.1 Å². The van der Waals surface area contributed by atoms with Gasteiger partial charge in [-0.2, -0.15) is 0 Å². The maximum atomic E-state index is 13.5. The van der Waals surface area contributed by atoms with Gasteiger partial charge in [-0.05, 0) is 70.2 Å². The lowest BCUT2D eigenvalue weighted by Gasteiger charge is -2.28. The van der Waals surface area contributed by atoms with E-state index >= 15 is 0 Å². The van der Waals surface area contributed by atoms with Crippen LogP contribution in [0.5, 0.6) is 0 Å². The number of anilines is 2. The molecular weight excluding hydrogens is 494 g/mol. The van der Waals surface area contributed by atoms with Crippen LogP contribution in [0.15, 0.2) is 54.9 Å². The second-order valence-corrected chi connectivity index (χ2v) is 11.2. The summed E-state index contributed by atoms with van der Waals surface area (Å²) in [5.41, 5.74) is 4.31. The number of benzene rings is 1. The van der Waals surface area contributed by atoms with Gasteiger partial charge in [0.05, 0.1) is 16.9 Å². The molecule has 9 heteroatoms. The highest BCUT2D eigenvalue weighted by atomic mass is 16.6. The number of aromatic amines is 1. The zero-order valence-corrected chi connectivity index (χ0v) is 22.6. The molecule has 39 heavy (non-hydrogen) atoms. The highest BCUT2D eigenvalue weighted by molar-refractivity contribution is 6.07. The van der Waals surface area contributed by atoms with E-state index < -0.39 is 17.7 Å². The van der Waals surface area contributed by atoms with Crippen molar-refractivity contribution in [2.24, 2.45) is 5.92 Å². The molecule has 1 saturated heterocycles. The second kappa shape index (κ2) is 10.9. The first-order valence-electron chi connectivity index (χ1n) is 13.5. The van der Waals surface area contributed by atoms with Gasteiger partial charge in [-0.3, -0.25) is 19.5 Å². The van der Waals surface area contributed by atoms with Crippen molar-refractivity contribution in [2.75, 3.05) is 18.4 Å². The van der Waals surface area contributed by atoms with Gasteiger partial charge >= 0.3 is 6.09 Å². The van der Waals surface area contributed by atoms with E-state index in [1.54, 1.807) is 12.4 Å². The minimum atomic E-state index is -0.625. The Morgan fingerprint density at radius 1 is 1.10 bits per heavy atom. The first-order chi connectivity index (χ1) is 18.7. The molecule has 9 nitrogen and oxygen atoms in total. The van der Waals surface area contributed by atoms with Crippen molar-refractivity contribution in [3.05, 3.63) is 66.1 Å². The van der Waals surface area contributed by atoms with Crippen LogP contribution in [-0.2, 0) is 16.0 Å². The number of Topliss-reactive ketones (excluding diaryl/α,β-unsaturated/α-hetero) is 1.